The Morgan fingerprint density at radius 3 is 2.52 bits per heavy atom. The molecule has 0 aliphatic carbocycles. The zero-order valence-electron chi connectivity index (χ0n) is 17.3. The molecule has 0 saturated carbocycles. The smallest absolute Gasteiger partial charge is 0.271 e. The van der Waals surface area contributed by atoms with Gasteiger partial charge in [0.2, 0.25) is 0 Å². The van der Waals surface area contributed by atoms with Crippen LogP contribution in [0.15, 0.2) is 77.9 Å². The van der Waals surface area contributed by atoms with E-state index in [1.165, 1.54) is 6.21 Å². The summed E-state index contributed by atoms with van der Waals surface area (Å²) in [5.74, 6) is 0.542. The summed E-state index contributed by atoms with van der Waals surface area (Å²) in [5, 5.41) is 6.72. The molecule has 0 aliphatic rings. The van der Waals surface area contributed by atoms with Gasteiger partial charge in [-0.25, -0.2) is 5.43 Å². The zero-order chi connectivity index (χ0) is 22.1. The minimum atomic E-state index is -0.297. The van der Waals surface area contributed by atoms with Gasteiger partial charge >= 0.3 is 0 Å². The van der Waals surface area contributed by atoms with E-state index in [0.717, 1.165) is 11.1 Å². The number of nitrogens with one attached hydrogen (secondary N) is 2. The van der Waals surface area contributed by atoms with E-state index in [1.54, 1.807) is 55.6 Å². The minimum Gasteiger partial charge on any atom is -0.495 e. The molecule has 31 heavy (non-hydrogen) atoms. The van der Waals surface area contributed by atoms with Crippen LogP contribution in [0.4, 0.5) is 5.69 Å². The van der Waals surface area contributed by atoms with Gasteiger partial charge in [0, 0.05) is 5.56 Å². The quantitative estimate of drug-likeness (QED) is 0.431. The number of methoxy groups -OCH3 is 1. The number of rotatable bonds is 8. The van der Waals surface area contributed by atoms with E-state index < -0.39 is 0 Å². The molecule has 0 aromatic heterocycles. The van der Waals surface area contributed by atoms with Crippen molar-refractivity contribution in [3.8, 4) is 11.5 Å². The average molecular weight is 417 g/mol. The Balaban J connectivity index is 1.48. The van der Waals surface area contributed by atoms with Crippen molar-refractivity contribution in [2.75, 3.05) is 19.0 Å². The highest BCUT2D eigenvalue weighted by atomic mass is 16.5. The van der Waals surface area contributed by atoms with Gasteiger partial charge in [-0.05, 0) is 61.0 Å². The molecule has 0 heterocycles. The molecule has 0 spiro atoms. The van der Waals surface area contributed by atoms with Gasteiger partial charge in [0.05, 0.1) is 19.0 Å². The maximum absolute atomic E-state index is 12.1. The van der Waals surface area contributed by atoms with Gasteiger partial charge in [-0.2, -0.15) is 5.10 Å². The van der Waals surface area contributed by atoms with E-state index in [-0.39, 0.29) is 18.4 Å². The van der Waals surface area contributed by atoms with Crippen LogP contribution in [0.1, 0.15) is 21.5 Å². The number of aryl methyl sites for hydroxylation is 1. The van der Waals surface area contributed by atoms with Crippen LogP contribution >= 0.6 is 0 Å². The lowest BCUT2D eigenvalue weighted by Gasteiger charge is -2.10. The van der Waals surface area contributed by atoms with Crippen LogP contribution in [-0.4, -0.2) is 31.7 Å². The van der Waals surface area contributed by atoms with Crippen LogP contribution in [0.5, 0.6) is 11.5 Å². The number of amides is 2. The number of hydrazone groups is 1. The predicted octanol–water partition coefficient (Wildman–Crippen LogP) is 3.79. The van der Waals surface area contributed by atoms with Crippen LogP contribution in [-0.2, 0) is 4.79 Å². The largest absolute Gasteiger partial charge is 0.495 e. The molecule has 0 saturated heterocycles. The Kier molecular flexibility index (Phi) is 7.37. The molecule has 3 rings (SSSR count). The first-order valence-corrected chi connectivity index (χ1v) is 9.61. The van der Waals surface area contributed by atoms with Crippen molar-refractivity contribution in [2.45, 2.75) is 6.92 Å². The van der Waals surface area contributed by atoms with Gasteiger partial charge in [0.25, 0.3) is 11.8 Å². The van der Waals surface area contributed by atoms with Crippen molar-refractivity contribution >= 4 is 23.7 Å². The molecule has 2 N–H and O–H groups in total. The topological polar surface area (TPSA) is 89.0 Å². The van der Waals surface area contributed by atoms with Crippen LogP contribution in [0.25, 0.3) is 0 Å². The van der Waals surface area contributed by atoms with Gasteiger partial charge < -0.3 is 14.8 Å². The van der Waals surface area contributed by atoms with Crippen LogP contribution in [0.3, 0.4) is 0 Å². The zero-order valence-corrected chi connectivity index (χ0v) is 17.3. The van der Waals surface area contributed by atoms with Crippen molar-refractivity contribution in [2.24, 2.45) is 5.10 Å². The third-order valence-electron chi connectivity index (χ3n) is 4.29. The lowest BCUT2D eigenvalue weighted by molar-refractivity contribution is -0.118. The monoisotopic (exact) mass is 417 g/mol. The van der Waals surface area contributed by atoms with Gasteiger partial charge in [0.15, 0.2) is 6.61 Å². The maximum atomic E-state index is 12.1. The molecule has 0 aliphatic heterocycles. The van der Waals surface area contributed by atoms with Crippen LogP contribution in [0.2, 0.25) is 0 Å². The lowest BCUT2D eigenvalue weighted by atomic mass is 10.1. The molecule has 2 amide bonds. The van der Waals surface area contributed by atoms with Crippen molar-refractivity contribution < 1.29 is 19.1 Å². The van der Waals surface area contributed by atoms with Crippen molar-refractivity contribution in [1.29, 1.82) is 0 Å². The molecular formula is C24H23N3O4. The molecule has 7 nitrogen and oxygen atoms in total. The second-order valence-electron chi connectivity index (χ2n) is 6.67. The molecule has 0 bridgehead atoms. The number of benzene rings is 3. The van der Waals surface area contributed by atoms with Crippen molar-refractivity contribution in [1.82, 2.24) is 5.43 Å². The summed E-state index contributed by atoms with van der Waals surface area (Å²) in [7, 11) is 1.54. The van der Waals surface area contributed by atoms with Crippen molar-refractivity contribution in [3.05, 3.63) is 89.5 Å². The molecule has 158 valence electrons. The van der Waals surface area contributed by atoms with Gasteiger partial charge in [-0.15, -0.1) is 0 Å². The van der Waals surface area contributed by atoms with Gasteiger partial charge in [-0.3, -0.25) is 9.59 Å². The SMILES string of the molecule is COc1ccccc1NC(=O)COc1ccc(/C=N/NC(=O)c2cccc(C)c2)cc1. The first-order chi connectivity index (χ1) is 15.0. The summed E-state index contributed by atoms with van der Waals surface area (Å²) in [5.41, 5.74) is 5.40. The van der Waals surface area contributed by atoms with E-state index in [0.29, 0.717) is 22.7 Å². The summed E-state index contributed by atoms with van der Waals surface area (Å²) in [6.45, 7) is 1.78. The first-order valence-electron chi connectivity index (χ1n) is 9.61. The van der Waals surface area contributed by atoms with Gasteiger partial charge in [0.1, 0.15) is 11.5 Å². The fourth-order valence-corrected chi connectivity index (χ4v) is 2.75. The highest BCUT2D eigenvalue weighted by Gasteiger charge is 2.08. The highest BCUT2D eigenvalue weighted by Crippen LogP contribution is 2.22. The molecule has 0 radical (unpaired) electrons. The molecule has 0 fully saturated rings. The number of para-hydroxylation sites is 2. The molecule has 3 aromatic carbocycles. The molecule has 7 heteroatoms. The third-order valence-corrected chi connectivity index (χ3v) is 4.29. The van der Waals surface area contributed by atoms with Crippen molar-refractivity contribution in [3.63, 3.8) is 0 Å². The minimum absolute atomic E-state index is 0.141. The summed E-state index contributed by atoms with van der Waals surface area (Å²) in [4.78, 5) is 24.2. The van der Waals surface area contributed by atoms with Crippen LogP contribution < -0.4 is 20.2 Å². The summed E-state index contributed by atoms with van der Waals surface area (Å²) >= 11 is 0. The second kappa shape index (κ2) is 10.6. The molecular weight excluding hydrogens is 394 g/mol. The number of hydrogen-bond donors (Lipinski definition) is 2. The summed E-state index contributed by atoms with van der Waals surface area (Å²) in [6.07, 6.45) is 1.53. The van der Waals surface area contributed by atoms with E-state index in [4.69, 9.17) is 9.47 Å². The number of hydrogen-bond acceptors (Lipinski definition) is 5. The predicted molar refractivity (Wildman–Crippen MR) is 120 cm³/mol. The number of carbonyl (C=O) groups excluding carboxylic acids is 2. The fraction of sp³-hybridized carbons (Fsp3) is 0.125. The number of ether oxygens (including phenoxy) is 2. The van der Waals surface area contributed by atoms with E-state index in [9.17, 15) is 9.59 Å². The van der Waals surface area contributed by atoms with E-state index >= 15 is 0 Å². The van der Waals surface area contributed by atoms with Gasteiger partial charge in [-0.1, -0.05) is 29.8 Å². The lowest BCUT2D eigenvalue weighted by Crippen LogP contribution is -2.20. The Hall–Kier alpha value is -4.13. The molecule has 3 aromatic rings. The highest BCUT2D eigenvalue weighted by molar-refractivity contribution is 5.95. The normalized spacial score (nSPS) is 10.5. The summed E-state index contributed by atoms with van der Waals surface area (Å²) in [6, 6.07) is 21.4. The van der Waals surface area contributed by atoms with Crippen LogP contribution in [0, 0.1) is 6.92 Å². The summed E-state index contributed by atoms with van der Waals surface area (Å²) < 4.78 is 10.7. The molecule has 0 unspecified atom stereocenters. The fourth-order valence-electron chi connectivity index (χ4n) is 2.75. The second-order valence-corrected chi connectivity index (χ2v) is 6.67. The average Bonchev–Trinajstić information content (AvgIpc) is 2.79. The number of anilines is 1. The first kappa shape index (κ1) is 21.6. The molecule has 0 atom stereocenters. The Bertz CT molecular complexity index is 1080. The third kappa shape index (κ3) is 6.43. The van der Waals surface area contributed by atoms with E-state index in [2.05, 4.69) is 15.8 Å². The number of carbonyl (C=O) groups is 2. The Labute approximate surface area is 180 Å². The Morgan fingerprint density at radius 2 is 1.77 bits per heavy atom. The maximum Gasteiger partial charge on any atom is 0.271 e. The van der Waals surface area contributed by atoms with E-state index in [1.807, 2.05) is 31.2 Å². The standard InChI is InChI=1S/C24H23N3O4/c1-17-6-5-7-19(14-17)24(29)27-25-15-18-10-12-20(13-11-18)31-16-23(28)26-21-8-3-4-9-22(21)30-2/h3-15H,16H2,1-2H3,(H,26,28)(H,27,29)/b25-15+. The Morgan fingerprint density at radius 1 is 1.00 bits per heavy atom. The number of nitrogens with zero attached hydrogens (tertiary/aromatic N) is 1.